The summed E-state index contributed by atoms with van der Waals surface area (Å²) in [6.07, 6.45) is 0.643. The molecule has 2 N–H and O–H groups in total. The Labute approximate surface area is 138 Å². The number of H-pyrrole nitrogens is 2. The topological polar surface area (TPSA) is 81.8 Å². The van der Waals surface area contributed by atoms with E-state index in [0.717, 1.165) is 22.5 Å². The number of carbonyl (C=O) groups excluding carboxylic acids is 1. The van der Waals surface area contributed by atoms with Crippen LogP contribution in [-0.2, 0) is 13.0 Å². The van der Waals surface area contributed by atoms with E-state index in [4.69, 9.17) is 0 Å². The minimum absolute atomic E-state index is 0.0666. The van der Waals surface area contributed by atoms with Crippen LogP contribution in [0.2, 0.25) is 0 Å². The first-order chi connectivity index (χ1) is 11.7. The van der Waals surface area contributed by atoms with Gasteiger partial charge in [0.25, 0.3) is 11.5 Å². The van der Waals surface area contributed by atoms with Crippen LogP contribution in [0.5, 0.6) is 0 Å². The number of aromatic amines is 2. The summed E-state index contributed by atoms with van der Waals surface area (Å²) in [4.78, 5) is 29.1. The maximum Gasteiger partial charge on any atom is 0.270 e. The van der Waals surface area contributed by atoms with Crippen LogP contribution >= 0.6 is 0 Å². The summed E-state index contributed by atoms with van der Waals surface area (Å²) in [5, 5.41) is 6.49. The van der Waals surface area contributed by atoms with Crippen molar-refractivity contribution in [3.05, 3.63) is 75.8 Å². The van der Waals surface area contributed by atoms with Crippen LogP contribution in [0.3, 0.4) is 0 Å². The fourth-order valence-corrected chi connectivity index (χ4v) is 3.00. The number of nitrogens with zero attached hydrogens (tertiary/aromatic N) is 2. The van der Waals surface area contributed by atoms with Gasteiger partial charge in [-0.2, -0.15) is 5.10 Å². The number of benzene rings is 1. The monoisotopic (exact) mass is 320 g/mol. The lowest BCUT2D eigenvalue weighted by Crippen LogP contribution is -2.37. The molecule has 0 unspecified atom stereocenters. The molecule has 6 heteroatoms. The maximum atomic E-state index is 12.7. The number of nitrogens with one attached hydrogen (secondary N) is 2. The Morgan fingerprint density at radius 3 is 2.79 bits per heavy atom. The molecule has 0 saturated carbocycles. The summed E-state index contributed by atoms with van der Waals surface area (Å²) >= 11 is 0. The summed E-state index contributed by atoms with van der Waals surface area (Å²) in [6, 6.07) is 15.1. The molecule has 0 saturated heterocycles. The van der Waals surface area contributed by atoms with Crippen LogP contribution in [-0.4, -0.2) is 32.5 Å². The highest BCUT2D eigenvalue weighted by atomic mass is 16.2. The van der Waals surface area contributed by atoms with Gasteiger partial charge in [-0.25, -0.2) is 5.10 Å². The molecule has 120 valence electrons. The molecule has 0 atom stereocenters. The standard InChI is InChI=1S/C18H16N4O2/c23-17-10-13-11-22(9-8-15(13)20-21-17)18(24)16-7-6-14(19-16)12-4-2-1-3-5-12/h1-7,10,19H,8-9,11H2,(H,21,23). The lowest BCUT2D eigenvalue weighted by Gasteiger charge is -2.27. The summed E-state index contributed by atoms with van der Waals surface area (Å²) in [7, 11) is 0. The second-order valence-electron chi connectivity index (χ2n) is 5.83. The Morgan fingerprint density at radius 1 is 1.12 bits per heavy atom. The van der Waals surface area contributed by atoms with Gasteiger partial charge < -0.3 is 9.88 Å². The quantitative estimate of drug-likeness (QED) is 0.757. The van der Waals surface area contributed by atoms with Crippen LogP contribution in [0.1, 0.15) is 21.7 Å². The number of hydrogen-bond acceptors (Lipinski definition) is 3. The number of rotatable bonds is 2. The molecule has 6 nitrogen and oxygen atoms in total. The van der Waals surface area contributed by atoms with Crippen molar-refractivity contribution < 1.29 is 4.79 Å². The third-order valence-corrected chi connectivity index (χ3v) is 4.25. The van der Waals surface area contributed by atoms with E-state index in [2.05, 4.69) is 15.2 Å². The van der Waals surface area contributed by atoms with Crippen molar-refractivity contribution >= 4 is 5.91 Å². The molecule has 0 bridgehead atoms. The fourth-order valence-electron chi connectivity index (χ4n) is 3.00. The predicted octanol–water partition coefficient (Wildman–Crippen LogP) is 1.96. The zero-order valence-electron chi connectivity index (χ0n) is 13.0. The van der Waals surface area contributed by atoms with Crippen molar-refractivity contribution in [1.29, 1.82) is 0 Å². The first-order valence-electron chi connectivity index (χ1n) is 7.82. The molecule has 0 fully saturated rings. The van der Waals surface area contributed by atoms with Crippen LogP contribution in [0.4, 0.5) is 0 Å². The molecule has 0 aliphatic carbocycles. The summed E-state index contributed by atoms with van der Waals surface area (Å²) < 4.78 is 0. The van der Waals surface area contributed by atoms with Crippen LogP contribution in [0.15, 0.2) is 53.3 Å². The SMILES string of the molecule is O=C(c1ccc(-c2ccccc2)[nH]1)N1CCc2n[nH]c(=O)cc2C1. The van der Waals surface area contributed by atoms with Crippen molar-refractivity contribution in [2.45, 2.75) is 13.0 Å². The predicted molar refractivity (Wildman–Crippen MR) is 89.5 cm³/mol. The number of aromatic nitrogens is 3. The zero-order chi connectivity index (χ0) is 16.5. The lowest BCUT2D eigenvalue weighted by molar-refractivity contribution is 0.0728. The molecule has 1 aromatic carbocycles. The van der Waals surface area contributed by atoms with Gasteiger partial charge in [-0.1, -0.05) is 30.3 Å². The molecule has 24 heavy (non-hydrogen) atoms. The minimum Gasteiger partial charge on any atom is -0.351 e. The van der Waals surface area contributed by atoms with Gasteiger partial charge in [-0.15, -0.1) is 0 Å². The number of carbonyl (C=O) groups is 1. The highest BCUT2D eigenvalue weighted by Crippen LogP contribution is 2.21. The van der Waals surface area contributed by atoms with Crippen LogP contribution in [0.25, 0.3) is 11.3 Å². The Balaban J connectivity index is 1.57. The minimum atomic E-state index is -0.241. The number of fused-ring (bicyclic) bond motifs is 1. The Hall–Kier alpha value is -3.15. The molecular formula is C18H16N4O2. The number of amides is 1. The molecule has 3 aromatic rings. The lowest BCUT2D eigenvalue weighted by atomic mass is 10.1. The van der Waals surface area contributed by atoms with Gasteiger partial charge in [-0.3, -0.25) is 9.59 Å². The second-order valence-corrected chi connectivity index (χ2v) is 5.83. The van der Waals surface area contributed by atoms with Crippen molar-refractivity contribution in [2.75, 3.05) is 6.54 Å². The third-order valence-electron chi connectivity index (χ3n) is 4.25. The van der Waals surface area contributed by atoms with E-state index in [1.54, 1.807) is 11.0 Å². The second kappa shape index (κ2) is 5.81. The molecular weight excluding hydrogens is 304 g/mol. The molecule has 1 aliphatic heterocycles. The van der Waals surface area contributed by atoms with Gasteiger partial charge in [0.1, 0.15) is 5.69 Å². The van der Waals surface area contributed by atoms with E-state index in [1.807, 2.05) is 36.4 Å². The largest absolute Gasteiger partial charge is 0.351 e. The smallest absolute Gasteiger partial charge is 0.270 e. The van der Waals surface area contributed by atoms with Crippen molar-refractivity contribution in [3.8, 4) is 11.3 Å². The normalized spacial score (nSPS) is 13.6. The van der Waals surface area contributed by atoms with Crippen molar-refractivity contribution in [1.82, 2.24) is 20.1 Å². The molecule has 0 radical (unpaired) electrons. The van der Waals surface area contributed by atoms with E-state index in [-0.39, 0.29) is 11.5 Å². The summed E-state index contributed by atoms with van der Waals surface area (Å²) in [6.45, 7) is 0.995. The van der Waals surface area contributed by atoms with E-state index in [1.165, 1.54) is 6.07 Å². The first-order valence-corrected chi connectivity index (χ1v) is 7.82. The fraction of sp³-hybridized carbons (Fsp3) is 0.167. The zero-order valence-corrected chi connectivity index (χ0v) is 13.0. The van der Waals surface area contributed by atoms with Gasteiger partial charge >= 0.3 is 0 Å². The molecule has 3 heterocycles. The average Bonchev–Trinajstić information content (AvgIpc) is 3.11. The summed E-state index contributed by atoms with van der Waals surface area (Å²) in [5.41, 5.74) is 3.93. The Kier molecular flexibility index (Phi) is 3.49. The van der Waals surface area contributed by atoms with E-state index in [0.29, 0.717) is 25.2 Å². The van der Waals surface area contributed by atoms with Gasteiger partial charge in [0.05, 0.1) is 5.69 Å². The Morgan fingerprint density at radius 2 is 1.96 bits per heavy atom. The molecule has 2 aromatic heterocycles. The van der Waals surface area contributed by atoms with Gasteiger partial charge in [-0.05, 0) is 17.7 Å². The molecule has 4 rings (SSSR count). The first kappa shape index (κ1) is 14.4. The molecule has 0 spiro atoms. The van der Waals surface area contributed by atoms with Gasteiger partial charge in [0.15, 0.2) is 0 Å². The van der Waals surface area contributed by atoms with E-state index >= 15 is 0 Å². The van der Waals surface area contributed by atoms with Gasteiger partial charge in [0.2, 0.25) is 0 Å². The highest BCUT2D eigenvalue weighted by Gasteiger charge is 2.24. The highest BCUT2D eigenvalue weighted by molar-refractivity contribution is 5.93. The third kappa shape index (κ3) is 2.62. The number of hydrogen-bond donors (Lipinski definition) is 2. The van der Waals surface area contributed by atoms with Crippen LogP contribution in [0, 0.1) is 0 Å². The average molecular weight is 320 g/mol. The van der Waals surface area contributed by atoms with Crippen molar-refractivity contribution in [3.63, 3.8) is 0 Å². The Bertz CT molecular complexity index is 943. The molecule has 1 aliphatic rings. The van der Waals surface area contributed by atoms with E-state index < -0.39 is 0 Å². The maximum absolute atomic E-state index is 12.7. The van der Waals surface area contributed by atoms with Gasteiger partial charge in [0, 0.05) is 36.8 Å². The molecule has 1 amide bonds. The van der Waals surface area contributed by atoms with Crippen molar-refractivity contribution in [2.24, 2.45) is 0 Å². The van der Waals surface area contributed by atoms with Crippen LogP contribution < -0.4 is 5.56 Å². The van der Waals surface area contributed by atoms with E-state index in [9.17, 15) is 9.59 Å². The summed E-state index contributed by atoms with van der Waals surface area (Å²) in [5.74, 6) is -0.0666.